The first-order chi connectivity index (χ1) is 24.7. The molecule has 51 heavy (non-hydrogen) atoms. The number of halogens is 1. The highest BCUT2D eigenvalue weighted by molar-refractivity contribution is 8.00. The molecule has 0 spiro atoms. The molecule has 1 N–H and O–H groups in total. The highest BCUT2D eigenvalue weighted by atomic mass is 32.2. The molecule has 258 valence electrons. The van der Waals surface area contributed by atoms with Crippen molar-refractivity contribution in [3.05, 3.63) is 111 Å². The third-order valence-corrected chi connectivity index (χ3v) is 13.9. The van der Waals surface area contributed by atoms with E-state index in [2.05, 4.69) is 5.32 Å². The van der Waals surface area contributed by atoms with Gasteiger partial charge in [0.2, 0.25) is 17.7 Å². The lowest BCUT2D eigenvalue weighted by Gasteiger charge is -2.43. The predicted molar refractivity (Wildman–Crippen MR) is 193 cm³/mol. The molecule has 4 aromatic carbocycles. The monoisotopic (exact) mass is 721 g/mol. The Morgan fingerprint density at radius 3 is 2.33 bits per heavy atom. The second kappa shape index (κ2) is 12.1. The van der Waals surface area contributed by atoms with Crippen LogP contribution in [0.2, 0.25) is 0 Å². The van der Waals surface area contributed by atoms with Crippen molar-refractivity contribution >= 4 is 63.0 Å². The van der Waals surface area contributed by atoms with E-state index in [0.717, 1.165) is 37.6 Å². The number of nitrogens with one attached hydrogen (secondary N) is 1. The molecule has 2 saturated carbocycles. The third kappa shape index (κ3) is 4.94. The Balaban J connectivity index is 1.10. The molecule has 0 radical (unpaired) electrons. The minimum atomic E-state index is -0.510. The van der Waals surface area contributed by atoms with Crippen LogP contribution in [0, 0.1) is 35.4 Å². The molecule has 9 nitrogen and oxygen atoms in total. The number of nitrogens with zero attached hydrogens (tertiary/aromatic N) is 2. The van der Waals surface area contributed by atoms with Crippen molar-refractivity contribution in [2.45, 2.75) is 29.2 Å². The number of thioether (sulfide) groups is 1. The number of aromatic nitrogens is 1. The van der Waals surface area contributed by atoms with Crippen molar-refractivity contribution in [1.82, 2.24) is 4.57 Å². The molecule has 7 atom stereocenters. The molecule has 1 saturated heterocycles. The summed E-state index contributed by atoms with van der Waals surface area (Å²) in [5.74, 6) is -1.76. The molecule has 12 heteroatoms. The van der Waals surface area contributed by atoms with E-state index in [1.54, 1.807) is 30.5 Å². The normalized spacial score (nSPS) is 25.9. The highest BCUT2D eigenvalue weighted by Crippen LogP contribution is 2.69. The Labute approximate surface area is 300 Å². The summed E-state index contributed by atoms with van der Waals surface area (Å²) in [7, 11) is 3.15. The first kappa shape index (κ1) is 32.0. The maximum atomic E-state index is 14.1. The fourth-order valence-electron chi connectivity index (χ4n) is 9.13. The summed E-state index contributed by atoms with van der Waals surface area (Å²) in [6, 6.07) is 24.8. The van der Waals surface area contributed by atoms with Gasteiger partial charge in [-0.2, -0.15) is 0 Å². The van der Waals surface area contributed by atoms with E-state index in [4.69, 9.17) is 9.47 Å². The molecule has 4 aliphatic rings. The van der Waals surface area contributed by atoms with E-state index in [9.17, 15) is 23.6 Å². The molecule has 1 aromatic heterocycles. The van der Waals surface area contributed by atoms with Crippen molar-refractivity contribution in [3.63, 3.8) is 0 Å². The number of methoxy groups -OCH3 is 2. The van der Waals surface area contributed by atoms with Crippen molar-refractivity contribution in [3.8, 4) is 11.5 Å². The van der Waals surface area contributed by atoms with Crippen molar-refractivity contribution in [1.29, 1.82) is 0 Å². The van der Waals surface area contributed by atoms with Crippen LogP contribution < -0.4 is 24.6 Å². The van der Waals surface area contributed by atoms with E-state index in [-0.39, 0.29) is 58.1 Å². The summed E-state index contributed by atoms with van der Waals surface area (Å²) in [5.41, 5.74) is 1.92. The number of anilines is 2. The van der Waals surface area contributed by atoms with Crippen LogP contribution in [0.3, 0.4) is 0 Å². The number of hydrogen-bond acceptors (Lipinski definition) is 8. The standard InChI is InChI=1S/C39H32FN3O6S2/c1-48-27-14-8-21(16-28(27)49-2)30-31-25-17-26(33-32(25)36(45)43(37(33)46)24-12-9-22(40)10-13-24)34(31)50-38-35(30)51-39(47)42(38)18-29(44)41-23-11-7-19-5-3-4-6-20(19)15-23/h3-16,25-26,30-34H,17-18H2,1-2H3,(H,41,44). The Hall–Kier alpha value is -4.94. The molecule has 2 bridgehead atoms. The number of imide groups is 1. The van der Waals surface area contributed by atoms with Gasteiger partial charge in [0.1, 0.15) is 12.4 Å². The van der Waals surface area contributed by atoms with Gasteiger partial charge < -0.3 is 14.8 Å². The number of hydrogen-bond donors (Lipinski definition) is 1. The highest BCUT2D eigenvalue weighted by Gasteiger charge is 2.70. The molecule has 3 amide bonds. The predicted octanol–water partition coefficient (Wildman–Crippen LogP) is 6.54. The minimum Gasteiger partial charge on any atom is -0.493 e. The summed E-state index contributed by atoms with van der Waals surface area (Å²) >= 11 is 2.69. The first-order valence-electron chi connectivity index (χ1n) is 16.8. The lowest BCUT2D eigenvalue weighted by Crippen LogP contribution is -2.43. The van der Waals surface area contributed by atoms with E-state index >= 15 is 0 Å². The van der Waals surface area contributed by atoms with Gasteiger partial charge in [-0.15, -0.1) is 11.8 Å². The fraction of sp³-hybridized carbons (Fsp3) is 0.282. The number of rotatable bonds is 7. The number of benzene rings is 4. The van der Waals surface area contributed by atoms with E-state index < -0.39 is 17.7 Å². The van der Waals surface area contributed by atoms with E-state index in [1.165, 1.54) is 29.2 Å². The average Bonchev–Trinajstić information content (AvgIpc) is 3.86. The summed E-state index contributed by atoms with van der Waals surface area (Å²) < 4.78 is 26.6. The Morgan fingerprint density at radius 1 is 0.863 bits per heavy atom. The second-order valence-electron chi connectivity index (χ2n) is 13.6. The van der Waals surface area contributed by atoms with E-state index in [0.29, 0.717) is 29.3 Å². The number of carbonyl (C=O) groups excluding carboxylic acids is 3. The number of amides is 3. The quantitative estimate of drug-likeness (QED) is 0.191. The fourth-order valence-corrected chi connectivity index (χ4v) is 12.3. The first-order valence-corrected chi connectivity index (χ1v) is 18.5. The van der Waals surface area contributed by atoms with Gasteiger partial charge in [-0.1, -0.05) is 47.7 Å². The zero-order valence-corrected chi connectivity index (χ0v) is 29.2. The summed E-state index contributed by atoms with van der Waals surface area (Å²) in [5, 5.41) is 5.65. The van der Waals surface area contributed by atoms with Crippen LogP contribution in [0.15, 0.2) is 94.7 Å². The second-order valence-corrected chi connectivity index (χ2v) is 15.7. The average molecular weight is 722 g/mol. The van der Waals surface area contributed by atoms with E-state index in [1.807, 2.05) is 60.7 Å². The Morgan fingerprint density at radius 2 is 1.59 bits per heavy atom. The molecule has 5 aromatic rings. The maximum Gasteiger partial charge on any atom is 0.308 e. The van der Waals surface area contributed by atoms with Crippen molar-refractivity contribution in [2.75, 3.05) is 24.4 Å². The van der Waals surface area contributed by atoms with Gasteiger partial charge in [-0.3, -0.25) is 28.6 Å². The van der Waals surface area contributed by atoms with Crippen molar-refractivity contribution in [2.24, 2.45) is 29.6 Å². The molecule has 3 fully saturated rings. The molecule has 2 aliphatic heterocycles. The number of ether oxygens (including phenoxy) is 2. The summed E-state index contributed by atoms with van der Waals surface area (Å²) in [6.07, 6.45) is 0.706. The van der Waals surface area contributed by atoms with Crippen LogP contribution in [0.1, 0.15) is 22.8 Å². The van der Waals surface area contributed by atoms with Gasteiger partial charge in [-0.05, 0) is 89.0 Å². The van der Waals surface area contributed by atoms with Gasteiger partial charge >= 0.3 is 4.87 Å². The van der Waals surface area contributed by atoms with Gasteiger partial charge in [0.15, 0.2) is 11.5 Å². The molecule has 9 rings (SSSR count). The zero-order chi connectivity index (χ0) is 35.1. The van der Waals surface area contributed by atoms with Crippen LogP contribution in [-0.4, -0.2) is 41.8 Å². The maximum absolute atomic E-state index is 14.1. The largest absolute Gasteiger partial charge is 0.493 e. The Kier molecular flexibility index (Phi) is 7.59. The van der Waals surface area contributed by atoms with Crippen molar-refractivity contribution < 1.29 is 28.2 Å². The lowest BCUT2D eigenvalue weighted by atomic mass is 9.68. The van der Waals surface area contributed by atoms with Gasteiger partial charge in [0, 0.05) is 21.7 Å². The molecule has 2 aliphatic carbocycles. The molecule has 3 heterocycles. The summed E-state index contributed by atoms with van der Waals surface area (Å²) in [4.78, 5) is 57.3. The number of carbonyl (C=O) groups is 3. The summed E-state index contributed by atoms with van der Waals surface area (Å²) in [6.45, 7) is -0.170. The Bertz CT molecular complexity index is 2320. The van der Waals surface area contributed by atoms with Gasteiger partial charge in [0.25, 0.3) is 0 Å². The van der Waals surface area contributed by atoms with Crippen LogP contribution in [0.5, 0.6) is 11.5 Å². The zero-order valence-electron chi connectivity index (χ0n) is 27.6. The smallest absolute Gasteiger partial charge is 0.308 e. The lowest BCUT2D eigenvalue weighted by molar-refractivity contribution is -0.123. The van der Waals surface area contributed by atoms with Crippen LogP contribution >= 0.6 is 23.1 Å². The SMILES string of the molecule is COc1ccc(C2c3sc(=O)n(CC(=O)Nc4ccc5ccccc5c4)c3SC3C4CC(C5C(=O)N(c6ccc(F)cc6)C(=O)C45)C23)cc1OC. The third-order valence-electron chi connectivity index (χ3n) is 11.1. The minimum absolute atomic E-state index is 0.0605. The number of thiazole rings is 1. The number of fused-ring (bicyclic) bond motifs is 10. The van der Waals surface area contributed by atoms with Crippen LogP contribution in [0.25, 0.3) is 10.8 Å². The van der Waals surface area contributed by atoms with Crippen LogP contribution in [-0.2, 0) is 20.9 Å². The van der Waals surface area contributed by atoms with Gasteiger partial charge in [-0.25, -0.2) is 4.39 Å². The molecular formula is C39H32FN3O6S2. The van der Waals surface area contributed by atoms with Gasteiger partial charge in [0.05, 0.1) is 36.8 Å². The van der Waals surface area contributed by atoms with Crippen LogP contribution in [0.4, 0.5) is 15.8 Å². The molecule has 7 unspecified atom stereocenters. The molecular weight excluding hydrogens is 690 g/mol. The topological polar surface area (TPSA) is 107 Å².